The number of nitrogens with one attached hydrogen (secondary N) is 2. The van der Waals surface area contributed by atoms with E-state index in [0.717, 1.165) is 0 Å². The minimum absolute atomic E-state index is 0.0516. The van der Waals surface area contributed by atoms with Crippen LogP contribution in [-0.4, -0.2) is 29.9 Å². The fourth-order valence-electron chi connectivity index (χ4n) is 1.34. The van der Waals surface area contributed by atoms with Crippen molar-refractivity contribution in [3.8, 4) is 0 Å². The summed E-state index contributed by atoms with van der Waals surface area (Å²) in [4.78, 5) is 23.2. The third-order valence-electron chi connectivity index (χ3n) is 2.19. The minimum atomic E-state index is -0.334. The van der Waals surface area contributed by atoms with E-state index in [1.54, 1.807) is 24.3 Å². The van der Waals surface area contributed by atoms with E-state index in [0.29, 0.717) is 17.7 Å². The summed E-state index contributed by atoms with van der Waals surface area (Å²) in [6, 6.07) is 6.64. The Balaban J connectivity index is 2.64. The number of thiocarbonyl (C=S) groups is 1. The lowest BCUT2D eigenvalue weighted by Crippen LogP contribution is -2.36. The summed E-state index contributed by atoms with van der Waals surface area (Å²) in [5, 5.41) is 5.10. The van der Waals surface area contributed by atoms with Crippen LogP contribution in [0.15, 0.2) is 24.3 Å². The lowest BCUT2D eigenvalue weighted by atomic mass is 10.1. The Morgan fingerprint density at radius 1 is 1.28 bits per heavy atom. The van der Waals surface area contributed by atoms with Crippen molar-refractivity contribution in [1.82, 2.24) is 10.6 Å². The summed E-state index contributed by atoms with van der Waals surface area (Å²) in [5.41, 5.74) is 6.52. The lowest BCUT2D eigenvalue weighted by Gasteiger charge is -2.06. The molecule has 96 valence electrons. The molecule has 18 heavy (non-hydrogen) atoms. The Kier molecular flexibility index (Phi) is 5.26. The highest BCUT2D eigenvalue weighted by Crippen LogP contribution is 2.05. The molecule has 0 aliphatic carbocycles. The molecular weight excluding hydrogens is 250 g/mol. The van der Waals surface area contributed by atoms with Crippen molar-refractivity contribution in [2.45, 2.75) is 6.92 Å². The van der Waals surface area contributed by atoms with E-state index in [4.69, 9.17) is 18.0 Å². The van der Waals surface area contributed by atoms with E-state index in [9.17, 15) is 9.59 Å². The maximum absolute atomic E-state index is 11.8. The smallest absolute Gasteiger partial charge is 0.251 e. The standard InChI is InChI=1S/C12H15N3O2S/c1-2-14-10(16)7-15-12(17)9-5-3-4-8(6-9)11(13)18/h3-6H,2,7H2,1H3,(H2,13,18)(H,14,16)(H,15,17). The van der Waals surface area contributed by atoms with Crippen molar-refractivity contribution in [2.24, 2.45) is 5.73 Å². The Morgan fingerprint density at radius 3 is 2.56 bits per heavy atom. The molecule has 0 heterocycles. The van der Waals surface area contributed by atoms with Crippen LogP contribution in [0, 0.1) is 0 Å². The van der Waals surface area contributed by atoms with Gasteiger partial charge in [-0.15, -0.1) is 0 Å². The van der Waals surface area contributed by atoms with E-state index < -0.39 is 0 Å². The average Bonchev–Trinajstić information content (AvgIpc) is 2.36. The number of hydrogen-bond acceptors (Lipinski definition) is 3. The van der Waals surface area contributed by atoms with Crippen LogP contribution in [0.25, 0.3) is 0 Å². The van der Waals surface area contributed by atoms with Gasteiger partial charge in [-0.2, -0.15) is 0 Å². The molecule has 0 aromatic heterocycles. The van der Waals surface area contributed by atoms with Crippen molar-refractivity contribution in [3.63, 3.8) is 0 Å². The van der Waals surface area contributed by atoms with E-state index in [-0.39, 0.29) is 23.3 Å². The number of carbonyl (C=O) groups excluding carboxylic acids is 2. The maximum atomic E-state index is 11.8. The summed E-state index contributed by atoms with van der Waals surface area (Å²) in [6.45, 7) is 2.29. The number of likely N-dealkylation sites (N-methyl/N-ethyl adjacent to an activating group) is 1. The highest BCUT2D eigenvalue weighted by Gasteiger charge is 2.08. The quantitative estimate of drug-likeness (QED) is 0.663. The molecule has 2 amide bonds. The normalized spacial score (nSPS) is 9.61. The van der Waals surface area contributed by atoms with Gasteiger partial charge in [0, 0.05) is 17.7 Å². The van der Waals surface area contributed by atoms with Gasteiger partial charge in [-0.3, -0.25) is 9.59 Å². The molecule has 1 aromatic rings. The van der Waals surface area contributed by atoms with Crippen LogP contribution < -0.4 is 16.4 Å². The predicted molar refractivity (Wildman–Crippen MR) is 73.3 cm³/mol. The maximum Gasteiger partial charge on any atom is 0.251 e. The fraction of sp³-hybridized carbons (Fsp3) is 0.250. The van der Waals surface area contributed by atoms with Crippen LogP contribution in [-0.2, 0) is 4.79 Å². The highest BCUT2D eigenvalue weighted by molar-refractivity contribution is 7.80. The van der Waals surface area contributed by atoms with Gasteiger partial charge in [0.2, 0.25) is 5.91 Å². The van der Waals surface area contributed by atoms with Crippen LogP contribution >= 0.6 is 12.2 Å². The molecule has 0 atom stereocenters. The van der Waals surface area contributed by atoms with Gasteiger partial charge in [-0.1, -0.05) is 24.4 Å². The van der Waals surface area contributed by atoms with Gasteiger partial charge >= 0.3 is 0 Å². The molecule has 0 aliphatic heterocycles. The minimum Gasteiger partial charge on any atom is -0.389 e. The predicted octanol–water partition coefficient (Wildman–Crippen LogP) is 0.187. The number of hydrogen-bond donors (Lipinski definition) is 3. The van der Waals surface area contributed by atoms with Crippen LogP contribution in [0.5, 0.6) is 0 Å². The van der Waals surface area contributed by atoms with Crippen molar-refractivity contribution < 1.29 is 9.59 Å². The van der Waals surface area contributed by atoms with E-state index in [1.165, 1.54) is 0 Å². The van der Waals surface area contributed by atoms with Gasteiger partial charge in [-0.25, -0.2) is 0 Å². The zero-order chi connectivity index (χ0) is 13.5. The molecule has 0 unspecified atom stereocenters. The molecule has 4 N–H and O–H groups in total. The molecule has 0 bridgehead atoms. The molecule has 1 rings (SSSR count). The number of benzene rings is 1. The van der Waals surface area contributed by atoms with Gasteiger partial charge in [0.15, 0.2) is 0 Å². The summed E-state index contributed by atoms with van der Waals surface area (Å²) >= 11 is 4.83. The molecule has 5 nitrogen and oxygen atoms in total. The molecule has 0 spiro atoms. The number of rotatable bonds is 5. The van der Waals surface area contributed by atoms with Gasteiger partial charge in [-0.05, 0) is 19.1 Å². The molecule has 1 aromatic carbocycles. The van der Waals surface area contributed by atoms with Crippen LogP contribution in [0.3, 0.4) is 0 Å². The van der Waals surface area contributed by atoms with Crippen molar-refractivity contribution in [2.75, 3.05) is 13.1 Å². The van der Waals surface area contributed by atoms with E-state index >= 15 is 0 Å². The third kappa shape index (κ3) is 4.14. The first-order valence-corrected chi connectivity index (χ1v) is 5.90. The van der Waals surface area contributed by atoms with E-state index in [2.05, 4.69) is 10.6 Å². The Labute approximate surface area is 111 Å². The zero-order valence-electron chi connectivity index (χ0n) is 10.0. The topological polar surface area (TPSA) is 84.2 Å². The fourth-order valence-corrected chi connectivity index (χ4v) is 1.46. The Morgan fingerprint density at radius 2 is 1.94 bits per heavy atom. The summed E-state index contributed by atoms with van der Waals surface area (Å²) in [6.07, 6.45) is 0. The summed E-state index contributed by atoms with van der Waals surface area (Å²) < 4.78 is 0. The van der Waals surface area contributed by atoms with Crippen LogP contribution in [0.4, 0.5) is 0 Å². The van der Waals surface area contributed by atoms with Crippen LogP contribution in [0.2, 0.25) is 0 Å². The number of amides is 2. The third-order valence-corrected chi connectivity index (χ3v) is 2.43. The zero-order valence-corrected chi connectivity index (χ0v) is 10.8. The molecular formula is C12H15N3O2S. The first-order valence-electron chi connectivity index (χ1n) is 5.49. The van der Waals surface area contributed by atoms with Gasteiger partial charge in [0.05, 0.1) is 6.54 Å². The van der Waals surface area contributed by atoms with Crippen molar-refractivity contribution in [3.05, 3.63) is 35.4 Å². The first-order chi connectivity index (χ1) is 8.54. The van der Waals surface area contributed by atoms with Crippen LogP contribution in [0.1, 0.15) is 22.8 Å². The molecule has 0 radical (unpaired) electrons. The van der Waals surface area contributed by atoms with Crippen molar-refractivity contribution >= 4 is 29.0 Å². The summed E-state index contributed by atoms with van der Waals surface area (Å²) in [5.74, 6) is -0.560. The molecule has 6 heteroatoms. The van der Waals surface area contributed by atoms with Gasteiger partial charge < -0.3 is 16.4 Å². The monoisotopic (exact) mass is 265 g/mol. The second-order valence-electron chi connectivity index (χ2n) is 3.58. The Bertz CT molecular complexity index is 474. The SMILES string of the molecule is CCNC(=O)CNC(=O)c1cccc(C(N)=S)c1. The second kappa shape index (κ2) is 6.70. The Hall–Kier alpha value is -1.95. The van der Waals surface area contributed by atoms with Gasteiger partial charge in [0.25, 0.3) is 5.91 Å². The van der Waals surface area contributed by atoms with Gasteiger partial charge in [0.1, 0.15) is 4.99 Å². The molecule has 0 saturated carbocycles. The number of nitrogens with two attached hydrogens (primary N) is 1. The van der Waals surface area contributed by atoms with E-state index in [1.807, 2.05) is 6.92 Å². The largest absolute Gasteiger partial charge is 0.389 e. The van der Waals surface area contributed by atoms with Crippen molar-refractivity contribution in [1.29, 1.82) is 0 Å². The highest BCUT2D eigenvalue weighted by atomic mass is 32.1. The molecule has 0 saturated heterocycles. The second-order valence-corrected chi connectivity index (χ2v) is 4.02. The average molecular weight is 265 g/mol. The molecule has 0 fully saturated rings. The number of carbonyl (C=O) groups is 2. The molecule has 0 aliphatic rings. The lowest BCUT2D eigenvalue weighted by molar-refractivity contribution is -0.120. The summed E-state index contributed by atoms with van der Waals surface area (Å²) in [7, 11) is 0. The first kappa shape index (κ1) is 14.1.